The highest BCUT2D eigenvalue weighted by molar-refractivity contribution is 5.16. The van der Waals surface area contributed by atoms with Crippen LogP contribution in [0.4, 0.5) is 0 Å². The first-order chi connectivity index (χ1) is 7.98. The van der Waals surface area contributed by atoms with Gasteiger partial charge >= 0.3 is 0 Å². The number of hydrogen-bond acceptors (Lipinski definition) is 0. The Bertz CT molecular complexity index is 345. The van der Waals surface area contributed by atoms with Crippen LogP contribution in [0.25, 0.3) is 0 Å². The molecule has 0 aromatic rings. The average molecular weight is 232 g/mol. The van der Waals surface area contributed by atoms with Crippen molar-refractivity contribution in [1.82, 2.24) is 0 Å². The standard InChI is InChI=1S/C17H28/c1-15(2)13-6-7-16(15,3)14(10-13)17-8-4-12(11-17)5-9-17/h12-14H,4-11H2,1-3H3. The third kappa shape index (κ3) is 1.08. The van der Waals surface area contributed by atoms with Crippen LogP contribution in [0.2, 0.25) is 0 Å². The first kappa shape index (κ1) is 10.9. The maximum atomic E-state index is 2.66. The normalized spacial score (nSPS) is 59.1. The van der Waals surface area contributed by atoms with Crippen LogP contribution in [0.15, 0.2) is 0 Å². The quantitative estimate of drug-likeness (QED) is 0.595. The minimum atomic E-state index is 0.632. The van der Waals surface area contributed by atoms with Gasteiger partial charge in [0, 0.05) is 0 Å². The topological polar surface area (TPSA) is 0 Å². The maximum absolute atomic E-state index is 2.66. The highest BCUT2D eigenvalue weighted by atomic mass is 14.7. The largest absolute Gasteiger partial charge is 0.0591 e. The molecule has 0 nitrogen and oxygen atoms in total. The molecule has 4 aliphatic rings. The third-order valence-corrected chi connectivity index (χ3v) is 8.33. The lowest BCUT2D eigenvalue weighted by atomic mass is 9.57. The van der Waals surface area contributed by atoms with E-state index in [4.69, 9.17) is 0 Å². The lowest BCUT2D eigenvalue weighted by molar-refractivity contribution is 0.0114. The van der Waals surface area contributed by atoms with Crippen LogP contribution < -0.4 is 0 Å². The van der Waals surface area contributed by atoms with Gasteiger partial charge in [-0.15, -0.1) is 0 Å². The summed E-state index contributed by atoms with van der Waals surface area (Å²) in [6, 6.07) is 0. The Labute approximate surface area is 107 Å². The molecule has 3 unspecified atom stereocenters. The number of hydrogen-bond donors (Lipinski definition) is 0. The average Bonchev–Trinajstić information content (AvgIpc) is 2.98. The van der Waals surface area contributed by atoms with Crippen LogP contribution in [0.5, 0.6) is 0 Å². The fourth-order valence-electron chi connectivity index (χ4n) is 6.86. The van der Waals surface area contributed by atoms with E-state index in [9.17, 15) is 0 Å². The second-order valence-corrected chi connectivity index (χ2v) is 8.67. The molecule has 4 fully saturated rings. The minimum absolute atomic E-state index is 0.632. The first-order valence-electron chi connectivity index (χ1n) is 7.98. The molecular weight excluding hydrogens is 204 g/mol. The van der Waals surface area contributed by atoms with Crippen LogP contribution >= 0.6 is 0 Å². The number of rotatable bonds is 1. The molecule has 0 amide bonds. The van der Waals surface area contributed by atoms with Crippen LogP contribution in [0.3, 0.4) is 0 Å². The maximum Gasteiger partial charge on any atom is -0.0238 e. The van der Waals surface area contributed by atoms with Crippen LogP contribution in [-0.2, 0) is 0 Å². The molecule has 3 atom stereocenters. The molecule has 0 N–H and O–H groups in total. The van der Waals surface area contributed by atoms with E-state index < -0.39 is 0 Å². The zero-order valence-electron chi connectivity index (χ0n) is 11.9. The van der Waals surface area contributed by atoms with Gasteiger partial charge in [0.2, 0.25) is 0 Å². The van der Waals surface area contributed by atoms with Gasteiger partial charge < -0.3 is 0 Å². The van der Waals surface area contributed by atoms with Crippen molar-refractivity contribution in [2.75, 3.05) is 0 Å². The summed E-state index contributed by atoms with van der Waals surface area (Å²) < 4.78 is 0. The zero-order valence-corrected chi connectivity index (χ0v) is 11.9. The first-order valence-corrected chi connectivity index (χ1v) is 7.98. The summed E-state index contributed by atoms with van der Waals surface area (Å²) in [6.07, 6.45) is 12.5. The van der Waals surface area contributed by atoms with Gasteiger partial charge in [-0.05, 0) is 85.4 Å². The second-order valence-electron chi connectivity index (χ2n) is 8.67. The molecule has 0 saturated heterocycles. The molecule has 0 aromatic carbocycles. The Hall–Kier alpha value is 0. The summed E-state index contributed by atoms with van der Waals surface area (Å²) in [5.41, 5.74) is 2.12. The van der Waals surface area contributed by atoms with E-state index in [-0.39, 0.29) is 0 Å². The SMILES string of the molecule is CC1(C)C2CCC1(C)C(C13CCC(CC1)C3)C2. The van der Waals surface area contributed by atoms with E-state index in [1.165, 1.54) is 12.8 Å². The monoisotopic (exact) mass is 232 g/mol. The van der Waals surface area contributed by atoms with Crippen molar-refractivity contribution < 1.29 is 0 Å². The van der Waals surface area contributed by atoms with E-state index in [1.807, 2.05) is 0 Å². The fraction of sp³-hybridized carbons (Fsp3) is 1.00. The number of fused-ring (bicyclic) bond motifs is 4. The lowest BCUT2D eigenvalue weighted by Crippen LogP contribution is -2.40. The Balaban J connectivity index is 1.73. The van der Waals surface area contributed by atoms with Crippen molar-refractivity contribution in [3.63, 3.8) is 0 Å². The zero-order chi connectivity index (χ0) is 11.9. The van der Waals surface area contributed by atoms with Crippen LogP contribution in [0.1, 0.15) is 72.1 Å². The van der Waals surface area contributed by atoms with Gasteiger partial charge in [0.05, 0.1) is 0 Å². The third-order valence-electron chi connectivity index (χ3n) is 8.33. The van der Waals surface area contributed by atoms with Crippen molar-refractivity contribution >= 4 is 0 Å². The van der Waals surface area contributed by atoms with Gasteiger partial charge in [0.25, 0.3) is 0 Å². The molecule has 0 aliphatic heterocycles. The summed E-state index contributed by atoms with van der Waals surface area (Å²) in [5.74, 6) is 3.25. The minimum Gasteiger partial charge on any atom is -0.0591 e. The highest BCUT2D eigenvalue weighted by Crippen LogP contribution is 2.75. The summed E-state index contributed by atoms with van der Waals surface area (Å²) in [5, 5.41) is 0. The molecule has 4 aliphatic carbocycles. The molecule has 17 heavy (non-hydrogen) atoms. The summed E-state index contributed by atoms with van der Waals surface area (Å²) in [6.45, 7) is 7.83. The van der Waals surface area contributed by atoms with Crippen LogP contribution in [-0.4, -0.2) is 0 Å². The van der Waals surface area contributed by atoms with E-state index >= 15 is 0 Å². The van der Waals surface area contributed by atoms with Crippen molar-refractivity contribution in [2.24, 2.45) is 34.0 Å². The Kier molecular flexibility index (Phi) is 1.88. The molecule has 0 radical (unpaired) electrons. The Morgan fingerprint density at radius 2 is 1.59 bits per heavy atom. The molecule has 0 spiro atoms. The van der Waals surface area contributed by atoms with Gasteiger partial charge in [-0.3, -0.25) is 0 Å². The molecule has 4 saturated carbocycles. The molecule has 0 heterocycles. The van der Waals surface area contributed by atoms with Gasteiger partial charge in [0.1, 0.15) is 0 Å². The van der Waals surface area contributed by atoms with E-state index in [0.29, 0.717) is 10.8 Å². The summed E-state index contributed by atoms with van der Waals surface area (Å²) >= 11 is 0. The van der Waals surface area contributed by atoms with Gasteiger partial charge in [0.15, 0.2) is 0 Å². The van der Waals surface area contributed by atoms with Crippen LogP contribution in [0, 0.1) is 34.0 Å². The molecule has 4 rings (SSSR count). The molecule has 96 valence electrons. The predicted octanol–water partition coefficient (Wildman–Crippen LogP) is 5.03. The van der Waals surface area contributed by atoms with Gasteiger partial charge in [-0.2, -0.15) is 0 Å². The van der Waals surface area contributed by atoms with Crippen molar-refractivity contribution in [2.45, 2.75) is 72.1 Å². The van der Waals surface area contributed by atoms with Crippen molar-refractivity contribution in [3.8, 4) is 0 Å². The van der Waals surface area contributed by atoms with E-state index in [1.54, 1.807) is 38.5 Å². The summed E-state index contributed by atoms with van der Waals surface area (Å²) in [4.78, 5) is 0. The summed E-state index contributed by atoms with van der Waals surface area (Å²) in [7, 11) is 0. The molecule has 0 aromatic heterocycles. The Morgan fingerprint density at radius 1 is 0.882 bits per heavy atom. The molecule has 4 bridgehead atoms. The van der Waals surface area contributed by atoms with E-state index in [2.05, 4.69) is 20.8 Å². The highest BCUT2D eigenvalue weighted by Gasteiger charge is 2.67. The smallest absolute Gasteiger partial charge is 0.0238 e. The van der Waals surface area contributed by atoms with Crippen molar-refractivity contribution in [1.29, 1.82) is 0 Å². The molecule has 0 heteroatoms. The van der Waals surface area contributed by atoms with E-state index in [0.717, 1.165) is 23.2 Å². The van der Waals surface area contributed by atoms with Gasteiger partial charge in [-0.25, -0.2) is 0 Å². The van der Waals surface area contributed by atoms with Gasteiger partial charge in [-0.1, -0.05) is 20.8 Å². The Morgan fingerprint density at radius 3 is 2.00 bits per heavy atom. The lowest BCUT2D eigenvalue weighted by Gasteiger charge is -2.47. The molecular formula is C17H28. The fourth-order valence-corrected chi connectivity index (χ4v) is 6.86. The second kappa shape index (κ2) is 2.94. The predicted molar refractivity (Wildman–Crippen MR) is 71.7 cm³/mol. The van der Waals surface area contributed by atoms with Crippen molar-refractivity contribution in [3.05, 3.63) is 0 Å².